The molecular weight excluding hydrogens is 234 g/mol. The summed E-state index contributed by atoms with van der Waals surface area (Å²) in [5.74, 6) is 1.14. The summed E-state index contributed by atoms with van der Waals surface area (Å²) in [5, 5.41) is 3.64. The lowest BCUT2D eigenvalue weighted by Crippen LogP contribution is -2.50. The van der Waals surface area contributed by atoms with Crippen LogP contribution >= 0.6 is 0 Å². The molecule has 0 amide bonds. The molecule has 2 rings (SSSR count). The Balaban J connectivity index is 2.07. The van der Waals surface area contributed by atoms with E-state index < -0.39 is 0 Å². The van der Waals surface area contributed by atoms with E-state index in [-0.39, 0.29) is 5.54 Å². The van der Waals surface area contributed by atoms with Crippen LogP contribution in [0.3, 0.4) is 0 Å². The zero-order valence-electron chi connectivity index (χ0n) is 12.7. The minimum Gasteiger partial charge on any atom is -0.352 e. The van der Waals surface area contributed by atoms with Gasteiger partial charge in [-0.15, -0.1) is 0 Å². The van der Waals surface area contributed by atoms with Gasteiger partial charge in [-0.25, -0.2) is 4.98 Å². The van der Waals surface area contributed by atoms with Crippen LogP contribution < -0.4 is 10.2 Å². The van der Waals surface area contributed by atoms with Crippen LogP contribution in [0.2, 0.25) is 0 Å². The van der Waals surface area contributed by atoms with Gasteiger partial charge in [0.15, 0.2) is 0 Å². The van der Waals surface area contributed by atoms with Crippen LogP contribution in [0, 0.1) is 6.92 Å². The number of anilines is 1. The van der Waals surface area contributed by atoms with E-state index in [4.69, 9.17) is 0 Å². The molecule has 0 saturated carbocycles. The van der Waals surface area contributed by atoms with Gasteiger partial charge < -0.3 is 10.2 Å². The fourth-order valence-electron chi connectivity index (χ4n) is 2.63. The summed E-state index contributed by atoms with van der Waals surface area (Å²) in [6.45, 7) is 10.9. The summed E-state index contributed by atoms with van der Waals surface area (Å²) >= 11 is 0. The van der Waals surface area contributed by atoms with E-state index >= 15 is 0 Å². The second-order valence-electron chi connectivity index (χ2n) is 6.61. The topological polar surface area (TPSA) is 28.2 Å². The number of pyridine rings is 1. The fraction of sp³-hybridized carbons (Fsp3) is 0.688. The number of nitrogens with zero attached hydrogens (tertiary/aromatic N) is 2. The van der Waals surface area contributed by atoms with Gasteiger partial charge in [-0.1, -0.05) is 6.07 Å². The van der Waals surface area contributed by atoms with Crippen LogP contribution in [-0.2, 0) is 0 Å². The zero-order valence-corrected chi connectivity index (χ0v) is 12.7. The zero-order chi connectivity index (χ0) is 13.9. The Morgan fingerprint density at radius 3 is 2.79 bits per heavy atom. The van der Waals surface area contributed by atoms with Gasteiger partial charge >= 0.3 is 0 Å². The van der Waals surface area contributed by atoms with Crippen LogP contribution in [0.25, 0.3) is 0 Å². The molecule has 0 radical (unpaired) electrons. The number of piperidine rings is 1. The van der Waals surface area contributed by atoms with Gasteiger partial charge in [0.25, 0.3) is 0 Å². The van der Waals surface area contributed by atoms with Gasteiger partial charge in [-0.3, -0.25) is 0 Å². The maximum Gasteiger partial charge on any atom is 0.129 e. The third-order valence-corrected chi connectivity index (χ3v) is 3.66. The minimum atomic E-state index is 0.184. The first-order chi connectivity index (χ1) is 8.96. The Kier molecular flexibility index (Phi) is 4.46. The molecule has 1 fully saturated rings. The van der Waals surface area contributed by atoms with Crippen molar-refractivity contribution in [2.24, 2.45) is 0 Å². The molecule has 0 bridgehead atoms. The van der Waals surface area contributed by atoms with Gasteiger partial charge in [0.2, 0.25) is 0 Å². The number of aromatic nitrogens is 1. The maximum atomic E-state index is 4.69. The summed E-state index contributed by atoms with van der Waals surface area (Å²) in [4.78, 5) is 7.17. The molecule has 0 aliphatic carbocycles. The normalized spacial score (nSPS) is 20.6. The predicted octanol–water partition coefficient (Wildman–Crippen LogP) is 3.14. The first-order valence-corrected chi connectivity index (χ1v) is 7.41. The Morgan fingerprint density at radius 2 is 2.11 bits per heavy atom. The molecule has 106 valence electrons. The molecule has 19 heavy (non-hydrogen) atoms. The van der Waals surface area contributed by atoms with Crippen molar-refractivity contribution < 1.29 is 0 Å². The minimum absolute atomic E-state index is 0.184. The summed E-state index contributed by atoms with van der Waals surface area (Å²) < 4.78 is 0. The second kappa shape index (κ2) is 5.91. The highest BCUT2D eigenvalue weighted by atomic mass is 15.2. The third-order valence-electron chi connectivity index (χ3n) is 3.66. The molecule has 0 aromatic carbocycles. The van der Waals surface area contributed by atoms with Crippen LogP contribution in [0.4, 0.5) is 5.82 Å². The van der Waals surface area contributed by atoms with Crippen molar-refractivity contribution in [3.63, 3.8) is 0 Å². The summed E-state index contributed by atoms with van der Waals surface area (Å²) in [7, 11) is 0. The average Bonchev–Trinajstić information content (AvgIpc) is 2.36. The highest BCUT2D eigenvalue weighted by Crippen LogP contribution is 2.23. The molecule has 1 unspecified atom stereocenters. The van der Waals surface area contributed by atoms with Gasteiger partial charge in [0.1, 0.15) is 5.82 Å². The molecule has 3 heteroatoms. The summed E-state index contributed by atoms with van der Waals surface area (Å²) in [6.07, 6.45) is 3.87. The highest BCUT2D eigenvalue weighted by molar-refractivity contribution is 5.41. The number of aryl methyl sites for hydroxylation is 1. The van der Waals surface area contributed by atoms with E-state index in [1.165, 1.54) is 19.3 Å². The van der Waals surface area contributed by atoms with Crippen LogP contribution in [0.5, 0.6) is 0 Å². The predicted molar refractivity (Wildman–Crippen MR) is 81.7 cm³/mol. The Morgan fingerprint density at radius 1 is 1.32 bits per heavy atom. The first-order valence-electron chi connectivity index (χ1n) is 7.41. The molecule has 3 nitrogen and oxygen atoms in total. The lowest BCUT2D eigenvalue weighted by Gasteiger charge is -2.38. The molecule has 1 atom stereocenters. The number of hydrogen-bond donors (Lipinski definition) is 1. The molecule has 1 saturated heterocycles. The maximum absolute atomic E-state index is 4.69. The first kappa shape index (κ1) is 14.3. The van der Waals surface area contributed by atoms with Gasteiger partial charge in [-0.2, -0.15) is 0 Å². The summed E-state index contributed by atoms with van der Waals surface area (Å²) in [5.41, 5.74) is 1.29. The van der Waals surface area contributed by atoms with Crippen molar-refractivity contribution in [2.75, 3.05) is 18.0 Å². The molecule has 1 N–H and O–H groups in total. The van der Waals surface area contributed by atoms with Crippen molar-refractivity contribution in [3.05, 3.63) is 23.9 Å². The molecule has 1 aliphatic rings. The second-order valence-corrected chi connectivity index (χ2v) is 6.61. The average molecular weight is 261 g/mol. The monoisotopic (exact) mass is 261 g/mol. The lowest BCUT2D eigenvalue weighted by molar-refractivity contribution is 0.365. The lowest BCUT2D eigenvalue weighted by atomic mass is 10.0. The number of rotatable bonds is 3. The van der Waals surface area contributed by atoms with Gasteiger partial charge in [-0.05, 0) is 59.1 Å². The van der Waals surface area contributed by atoms with E-state index in [0.29, 0.717) is 6.04 Å². The number of nitrogens with one attached hydrogen (secondary N) is 1. The highest BCUT2D eigenvalue weighted by Gasteiger charge is 2.24. The van der Waals surface area contributed by atoms with E-state index in [1.54, 1.807) is 0 Å². The largest absolute Gasteiger partial charge is 0.352 e. The molecular formula is C16H27N3. The van der Waals surface area contributed by atoms with E-state index in [2.05, 4.69) is 61.1 Å². The fourth-order valence-corrected chi connectivity index (χ4v) is 2.63. The number of hydrogen-bond acceptors (Lipinski definition) is 3. The molecule has 1 aliphatic heterocycles. The van der Waals surface area contributed by atoms with E-state index in [9.17, 15) is 0 Å². The van der Waals surface area contributed by atoms with Crippen LogP contribution in [0.1, 0.15) is 45.7 Å². The standard InChI is InChI=1S/C16H27N3/c1-13-8-7-10-15(18-13)19-11-6-5-9-14(19)12-17-16(2,3)4/h7-8,10,14,17H,5-6,9,11-12H2,1-4H3. The van der Waals surface area contributed by atoms with Crippen LogP contribution in [0.15, 0.2) is 18.2 Å². The van der Waals surface area contributed by atoms with E-state index in [0.717, 1.165) is 24.6 Å². The van der Waals surface area contributed by atoms with Crippen molar-refractivity contribution in [3.8, 4) is 0 Å². The van der Waals surface area contributed by atoms with Crippen molar-refractivity contribution in [1.29, 1.82) is 0 Å². The Labute approximate surface area is 117 Å². The SMILES string of the molecule is Cc1cccc(N2CCCCC2CNC(C)(C)C)n1. The Hall–Kier alpha value is -1.09. The van der Waals surface area contributed by atoms with Gasteiger partial charge in [0.05, 0.1) is 0 Å². The Bertz CT molecular complexity index is 409. The molecule has 0 spiro atoms. The van der Waals surface area contributed by atoms with Crippen molar-refractivity contribution in [2.45, 2.75) is 58.5 Å². The van der Waals surface area contributed by atoms with Gasteiger partial charge in [0, 0.05) is 30.4 Å². The summed E-state index contributed by atoms with van der Waals surface area (Å²) in [6, 6.07) is 6.89. The van der Waals surface area contributed by atoms with Crippen molar-refractivity contribution in [1.82, 2.24) is 10.3 Å². The van der Waals surface area contributed by atoms with Crippen molar-refractivity contribution >= 4 is 5.82 Å². The molecule has 2 heterocycles. The van der Waals surface area contributed by atoms with Crippen LogP contribution in [-0.4, -0.2) is 29.7 Å². The quantitative estimate of drug-likeness (QED) is 0.906. The molecule has 1 aromatic rings. The third kappa shape index (κ3) is 4.20. The molecule has 1 aromatic heterocycles. The smallest absolute Gasteiger partial charge is 0.129 e. The van der Waals surface area contributed by atoms with E-state index in [1.807, 2.05) is 0 Å².